The molecule has 1 N–H and O–H groups in total. The fraction of sp³-hybridized carbons (Fsp3) is 0.143. The number of rotatable bonds is 2. The number of anilines is 1. The van der Waals surface area contributed by atoms with Crippen LogP contribution in [0.25, 0.3) is 0 Å². The van der Waals surface area contributed by atoms with Crippen molar-refractivity contribution in [3.8, 4) is 0 Å². The zero-order chi connectivity index (χ0) is 13.1. The van der Waals surface area contributed by atoms with Gasteiger partial charge in [0.15, 0.2) is 0 Å². The molecule has 1 amide bonds. The van der Waals surface area contributed by atoms with E-state index in [0.717, 1.165) is 21.4 Å². The molecule has 0 radical (unpaired) electrons. The molecule has 0 aliphatic heterocycles. The minimum atomic E-state index is -0.133. The number of pyridine rings is 1. The van der Waals surface area contributed by atoms with Gasteiger partial charge in [0.2, 0.25) is 0 Å². The van der Waals surface area contributed by atoms with E-state index < -0.39 is 0 Å². The predicted octanol–water partition coefficient (Wildman–Crippen LogP) is 3.71. The summed E-state index contributed by atoms with van der Waals surface area (Å²) in [4.78, 5) is 16.1. The number of amides is 1. The summed E-state index contributed by atoms with van der Waals surface area (Å²) in [6.45, 7) is 3.85. The number of halogens is 1. The molecule has 1 aromatic heterocycles. The van der Waals surface area contributed by atoms with Crippen LogP contribution in [0.5, 0.6) is 0 Å². The van der Waals surface area contributed by atoms with Crippen molar-refractivity contribution in [1.82, 2.24) is 4.98 Å². The summed E-state index contributed by atoms with van der Waals surface area (Å²) in [6, 6.07) is 9.29. The van der Waals surface area contributed by atoms with Crippen molar-refractivity contribution in [2.24, 2.45) is 0 Å². The first-order valence-electron chi connectivity index (χ1n) is 5.56. The summed E-state index contributed by atoms with van der Waals surface area (Å²) >= 11 is 3.42. The Balaban J connectivity index is 2.24. The van der Waals surface area contributed by atoms with Crippen molar-refractivity contribution in [2.45, 2.75) is 13.8 Å². The van der Waals surface area contributed by atoms with Crippen LogP contribution >= 0.6 is 15.9 Å². The molecule has 0 fully saturated rings. The summed E-state index contributed by atoms with van der Waals surface area (Å²) in [5, 5.41) is 2.88. The lowest BCUT2D eigenvalue weighted by Gasteiger charge is -2.08. The van der Waals surface area contributed by atoms with Crippen LogP contribution < -0.4 is 5.32 Å². The number of aromatic nitrogens is 1. The highest BCUT2D eigenvalue weighted by atomic mass is 79.9. The van der Waals surface area contributed by atoms with Crippen LogP contribution in [0.2, 0.25) is 0 Å². The summed E-state index contributed by atoms with van der Waals surface area (Å²) in [5.41, 5.74) is 3.30. The van der Waals surface area contributed by atoms with Gasteiger partial charge in [0, 0.05) is 21.9 Å². The van der Waals surface area contributed by atoms with E-state index in [-0.39, 0.29) is 5.91 Å². The molecule has 0 unspecified atom stereocenters. The zero-order valence-electron chi connectivity index (χ0n) is 10.2. The van der Waals surface area contributed by atoms with E-state index in [0.29, 0.717) is 5.56 Å². The zero-order valence-corrected chi connectivity index (χ0v) is 11.8. The third kappa shape index (κ3) is 2.96. The first kappa shape index (κ1) is 12.8. The number of nitrogens with one attached hydrogen (secondary N) is 1. The molecular formula is C14H13BrN2O. The van der Waals surface area contributed by atoms with Crippen LogP contribution in [-0.2, 0) is 0 Å². The van der Waals surface area contributed by atoms with Gasteiger partial charge in [-0.3, -0.25) is 9.78 Å². The monoisotopic (exact) mass is 304 g/mol. The average Bonchev–Trinajstić information content (AvgIpc) is 2.34. The molecule has 0 spiro atoms. The fourth-order valence-corrected chi connectivity index (χ4v) is 1.96. The average molecular weight is 305 g/mol. The second-order valence-corrected chi connectivity index (χ2v) is 4.98. The molecule has 1 heterocycles. The Kier molecular flexibility index (Phi) is 3.77. The predicted molar refractivity (Wildman–Crippen MR) is 75.8 cm³/mol. The van der Waals surface area contributed by atoms with E-state index in [2.05, 4.69) is 26.2 Å². The van der Waals surface area contributed by atoms with E-state index in [9.17, 15) is 4.79 Å². The lowest BCUT2D eigenvalue weighted by molar-refractivity contribution is 0.102. The Morgan fingerprint density at radius 2 is 2.00 bits per heavy atom. The van der Waals surface area contributed by atoms with Crippen molar-refractivity contribution in [3.05, 3.63) is 57.8 Å². The lowest BCUT2D eigenvalue weighted by atomic mass is 10.2. The Morgan fingerprint density at radius 3 is 2.72 bits per heavy atom. The normalized spacial score (nSPS) is 10.2. The standard InChI is InChI=1S/C14H13BrN2O/c1-9-3-4-12(15)13(7-9)17-14(18)11-5-6-16-10(2)8-11/h3-8H,1-2H3,(H,17,18). The molecule has 0 bridgehead atoms. The highest BCUT2D eigenvalue weighted by Crippen LogP contribution is 2.23. The van der Waals surface area contributed by atoms with Gasteiger partial charge in [-0.05, 0) is 59.6 Å². The molecule has 92 valence electrons. The van der Waals surface area contributed by atoms with Gasteiger partial charge in [-0.1, -0.05) is 6.07 Å². The summed E-state index contributed by atoms with van der Waals surface area (Å²) in [5.74, 6) is -0.133. The van der Waals surface area contributed by atoms with Gasteiger partial charge in [-0.15, -0.1) is 0 Å². The van der Waals surface area contributed by atoms with Crippen molar-refractivity contribution >= 4 is 27.5 Å². The van der Waals surface area contributed by atoms with E-state index in [1.165, 1.54) is 0 Å². The maximum absolute atomic E-state index is 12.1. The van der Waals surface area contributed by atoms with Crippen LogP contribution in [0.4, 0.5) is 5.69 Å². The van der Waals surface area contributed by atoms with Gasteiger partial charge in [-0.2, -0.15) is 0 Å². The van der Waals surface area contributed by atoms with Gasteiger partial charge < -0.3 is 5.32 Å². The molecule has 4 heteroatoms. The third-order valence-electron chi connectivity index (χ3n) is 2.53. The smallest absolute Gasteiger partial charge is 0.255 e. The minimum Gasteiger partial charge on any atom is -0.321 e. The van der Waals surface area contributed by atoms with E-state index in [1.54, 1.807) is 18.3 Å². The van der Waals surface area contributed by atoms with Crippen molar-refractivity contribution in [2.75, 3.05) is 5.32 Å². The molecule has 0 aliphatic carbocycles. The molecular weight excluding hydrogens is 292 g/mol. The minimum absolute atomic E-state index is 0.133. The molecule has 2 rings (SSSR count). The van der Waals surface area contributed by atoms with Crippen LogP contribution in [0.3, 0.4) is 0 Å². The summed E-state index contributed by atoms with van der Waals surface area (Å²) in [6.07, 6.45) is 1.63. The first-order valence-corrected chi connectivity index (χ1v) is 6.36. The molecule has 0 atom stereocenters. The summed E-state index contributed by atoms with van der Waals surface area (Å²) in [7, 11) is 0. The van der Waals surface area contributed by atoms with Crippen LogP contribution in [0, 0.1) is 13.8 Å². The molecule has 18 heavy (non-hydrogen) atoms. The maximum atomic E-state index is 12.1. The fourth-order valence-electron chi connectivity index (χ4n) is 1.62. The second kappa shape index (κ2) is 5.31. The van der Waals surface area contributed by atoms with Gasteiger partial charge >= 0.3 is 0 Å². The topological polar surface area (TPSA) is 42.0 Å². The van der Waals surface area contributed by atoms with E-state index in [1.807, 2.05) is 32.0 Å². The SMILES string of the molecule is Cc1ccc(Br)c(NC(=O)c2ccnc(C)c2)c1. The Bertz CT molecular complexity index is 596. The quantitative estimate of drug-likeness (QED) is 0.919. The largest absolute Gasteiger partial charge is 0.321 e. The molecule has 0 saturated carbocycles. The van der Waals surface area contributed by atoms with Crippen molar-refractivity contribution in [3.63, 3.8) is 0 Å². The molecule has 2 aromatic rings. The number of hydrogen-bond acceptors (Lipinski definition) is 2. The van der Waals surface area contributed by atoms with Gasteiger partial charge in [0.25, 0.3) is 5.91 Å². The van der Waals surface area contributed by atoms with Gasteiger partial charge in [0.05, 0.1) is 5.69 Å². The van der Waals surface area contributed by atoms with Crippen LogP contribution in [-0.4, -0.2) is 10.9 Å². The third-order valence-corrected chi connectivity index (χ3v) is 3.22. The number of benzene rings is 1. The van der Waals surface area contributed by atoms with Gasteiger partial charge in [-0.25, -0.2) is 0 Å². The Hall–Kier alpha value is -1.68. The molecule has 0 saturated heterocycles. The summed E-state index contributed by atoms with van der Waals surface area (Å²) < 4.78 is 0.868. The number of aryl methyl sites for hydroxylation is 2. The maximum Gasteiger partial charge on any atom is 0.255 e. The lowest BCUT2D eigenvalue weighted by Crippen LogP contribution is -2.12. The molecule has 3 nitrogen and oxygen atoms in total. The molecule has 1 aromatic carbocycles. The highest BCUT2D eigenvalue weighted by molar-refractivity contribution is 9.10. The number of carbonyl (C=O) groups excluding carboxylic acids is 1. The molecule has 0 aliphatic rings. The van der Waals surface area contributed by atoms with E-state index in [4.69, 9.17) is 0 Å². The Labute approximate surface area is 114 Å². The highest BCUT2D eigenvalue weighted by Gasteiger charge is 2.08. The Morgan fingerprint density at radius 1 is 1.22 bits per heavy atom. The first-order chi connectivity index (χ1) is 8.56. The number of hydrogen-bond donors (Lipinski definition) is 1. The van der Waals surface area contributed by atoms with Crippen LogP contribution in [0.1, 0.15) is 21.6 Å². The van der Waals surface area contributed by atoms with Crippen molar-refractivity contribution in [1.29, 1.82) is 0 Å². The van der Waals surface area contributed by atoms with E-state index >= 15 is 0 Å². The van der Waals surface area contributed by atoms with Crippen LogP contribution in [0.15, 0.2) is 41.0 Å². The van der Waals surface area contributed by atoms with Gasteiger partial charge in [0.1, 0.15) is 0 Å². The van der Waals surface area contributed by atoms with Crippen molar-refractivity contribution < 1.29 is 4.79 Å². The number of nitrogens with zero attached hydrogens (tertiary/aromatic N) is 1. The number of carbonyl (C=O) groups is 1. The second-order valence-electron chi connectivity index (χ2n) is 4.12.